The van der Waals surface area contributed by atoms with E-state index in [2.05, 4.69) is 146 Å². The van der Waals surface area contributed by atoms with Crippen molar-refractivity contribution in [2.45, 2.75) is 5.41 Å². The topological polar surface area (TPSA) is 73.9 Å². The van der Waals surface area contributed by atoms with Gasteiger partial charge in [-0.25, -0.2) is 19.9 Å². The maximum Gasteiger partial charge on any atom is 0.167 e. The number of pyridine rings is 1. The van der Waals surface area contributed by atoms with E-state index in [1.165, 1.54) is 27.6 Å². The van der Waals surface area contributed by atoms with E-state index in [4.69, 9.17) is 29.1 Å². The highest BCUT2D eigenvalue weighted by molar-refractivity contribution is 6.19. The van der Waals surface area contributed by atoms with Gasteiger partial charge in [0.2, 0.25) is 0 Å². The third kappa shape index (κ3) is 5.10. The minimum absolute atomic E-state index is 0.548. The normalized spacial score (nSPS) is 13.2. The molecule has 6 heteroatoms. The fourth-order valence-electron chi connectivity index (χ4n) is 10.6. The van der Waals surface area contributed by atoms with Crippen molar-refractivity contribution in [3.05, 3.63) is 229 Å². The molecule has 65 heavy (non-hydrogen) atoms. The van der Waals surface area contributed by atoms with Crippen LogP contribution in [0, 0.1) is 0 Å². The minimum atomic E-state index is -0.574. The van der Waals surface area contributed by atoms with Crippen LogP contribution in [-0.2, 0) is 5.41 Å². The standard InChI is InChI=1S/C59H34N4O2/c1-2-15-36(16-3-1)56-61-57(63-58(62-56)43-21-14-20-39-38-17-6-11-26-49(38)65-55(39)43)37-31-29-35(30-32-37)54-42-33-34-47-53(52(42)41-19-5-10-25-48(41)60-54)40-18-4-7-22-44(40)59(47)45-23-8-12-27-50(45)64-51-28-13-9-24-46(51)59/h1-34H. The summed E-state index contributed by atoms with van der Waals surface area (Å²) < 4.78 is 13.1. The van der Waals surface area contributed by atoms with Crippen LogP contribution in [0.3, 0.4) is 0 Å². The Kier molecular flexibility index (Phi) is 7.51. The number of rotatable bonds is 4. The summed E-state index contributed by atoms with van der Waals surface area (Å²) in [4.78, 5) is 20.7. The highest BCUT2D eigenvalue weighted by Crippen LogP contribution is 2.63. The highest BCUT2D eigenvalue weighted by Gasteiger charge is 2.51. The fraction of sp³-hybridized carbons (Fsp3) is 0.0169. The van der Waals surface area contributed by atoms with Gasteiger partial charge in [-0.2, -0.15) is 0 Å². The van der Waals surface area contributed by atoms with Crippen molar-refractivity contribution in [3.63, 3.8) is 0 Å². The molecular weight excluding hydrogens is 797 g/mol. The molecule has 0 saturated heterocycles. The third-order valence-corrected chi connectivity index (χ3v) is 13.4. The van der Waals surface area contributed by atoms with E-state index >= 15 is 0 Å². The summed E-state index contributed by atoms with van der Waals surface area (Å²) in [6, 6.07) is 71.9. The number of nitrogens with zero attached hydrogens (tertiary/aromatic N) is 4. The van der Waals surface area contributed by atoms with Crippen LogP contribution in [0.25, 0.3) is 100 Å². The Bertz CT molecular complexity index is 3890. The van der Waals surface area contributed by atoms with Crippen LogP contribution in [-0.4, -0.2) is 19.9 Å². The molecule has 1 spiro atoms. The lowest BCUT2D eigenvalue weighted by Crippen LogP contribution is -2.32. The van der Waals surface area contributed by atoms with E-state index in [1.807, 2.05) is 60.7 Å². The fourth-order valence-corrected chi connectivity index (χ4v) is 10.6. The number of ether oxygens (including phenoxy) is 1. The van der Waals surface area contributed by atoms with Gasteiger partial charge in [-0.3, -0.25) is 0 Å². The zero-order valence-corrected chi connectivity index (χ0v) is 34.7. The maximum absolute atomic E-state index is 6.63. The predicted molar refractivity (Wildman–Crippen MR) is 259 cm³/mol. The summed E-state index contributed by atoms with van der Waals surface area (Å²) in [6.07, 6.45) is 0. The molecule has 0 amide bonds. The third-order valence-electron chi connectivity index (χ3n) is 13.4. The van der Waals surface area contributed by atoms with Gasteiger partial charge < -0.3 is 9.15 Å². The van der Waals surface area contributed by atoms with Gasteiger partial charge >= 0.3 is 0 Å². The van der Waals surface area contributed by atoms with E-state index in [-0.39, 0.29) is 0 Å². The van der Waals surface area contributed by atoms with Crippen LogP contribution in [0.15, 0.2) is 211 Å². The molecule has 0 atom stereocenters. The number of fused-ring (bicyclic) bond motifs is 16. The minimum Gasteiger partial charge on any atom is -0.457 e. The van der Waals surface area contributed by atoms with Crippen LogP contribution in [0.4, 0.5) is 0 Å². The predicted octanol–water partition coefficient (Wildman–Crippen LogP) is 14.6. The van der Waals surface area contributed by atoms with E-state index in [9.17, 15) is 0 Å². The quantitative estimate of drug-likeness (QED) is 0.165. The van der Waals surface area contributed by atoms with Gasteiger partial charge in [0.05, 0.1) is 22.2 Å². The molecule has 4 heterocycles. The smallest absolute Gasteiger partial charge is 0.167 e. The van der Waals surface area contributed by atoms with Crippen LogP contribution in [0.5, 0.6) is 11.5 Å². The Morgan fingerprint density at radius 2 is 0.938 bits per heavy atom. The average molecular weight is 831 g/mol. The van der Waals surface area contributed by atoms with E-state index < -0.39 is 5.41 Å². The SMILES string of the molecule is c1ccc(-c2nc(-c3ccc(-c4nc5ccccc5c5c6c(ccc45)C4(c5ccccc5Oc5ccccc54)c4ccccc4-6)cc3)nc(-c3cccc4c3oc3ccccc34)n2)cc1. The summed E-state index contributed by atoms with van der Waals surface area (Å²) in [5.74, 6) is 3.46. The van der Waals surface area contributed by atoms with Gasteiger partial charge in [0.1, 0.15) is 22.7 Å². The highest BCUT2D eigenvalue weighted by atomic mass is 16.5. The second-order valence-electron chi connectivity index (χ2n) is 16.8. The number of hydrogen-bond acceptors (Lipinski definition) is 6. The van der Waals surface area contributed by atoms with E-state index in [0.29, 0.717) is 17.5 Å². The summed E-state index contributed by atoms with van der Waals surface area (Å²) >= 11 is 0. The molecular formula is C59H34N4O2. The summed E-state index contributed by atoms with van der Waals surface area (Å²) in [6.45, 7) is 0. The Balaban J connectivity index is 0.963. The molecule has 302 valence electrons. The molecule has 9 aromatic carbocycles. The van der Waals surface area contributed by atoms with E-state index in [0.717, 1.165) is 88.8 Å². The number of para-hydroxylation sites is 5. The first-order valence-electron chi connectivity index (χ1n) is 21.9. The van der Waals surface area contributed by atoms with Crippen molar-refractivity contribution in [1.29, 1.82) is 0 Å². The molecule has 0 saturated carbocycles. The Labute approximate surface area is 373 Å². The van der Waals surface area contributed by atoms with Gasteiger partial charge in [-0.1, -0.05) is 176 Å². The Hall–Kier alpha value is -8.74. The van der Waals surface area contributed by atoms with Crippen LogP contribution >= 0.6 is 0 Å². The second-order valence-corrected chi connectivity index (χ2v) is 16.8. The van der Waals surface area contributed by atoms with Gasteiger partial charge in [-0.15, -0.1) is 0 Å². The lowest BCUT2D eigenvalue weighted by molar-refractivity contribution is 0.436. The summed E-state index contributed by atoms with van der Waals surface area (Å²) in [5.41, 5.74) is 13.7. The molecule has 1 aliphatic carbocycles. The van der Waals surface area contributed by atoms with Crippen molar-refractivity contribution in [2.75, 3.05) is 0 Å². The van der Waals surface area contributed by atoms with Crippen LogP contribution in [0.2, 0.25) is 0 Å². The zero-order chi connectivity index (χ0) is 42.6. The average Bonchev–Trinajstić information content (AvgIpc) is 3.90. The number of hydrogen-bond donors (Lipinski definition) is 0. The van der Waals surface area contributed by atoms with Crippen molar-refractivity contribution < 1.29 is 9.15 Å². The molecule has 0 unspecified atom stereocenters. The lowest BCUT2D eigenvalue weighted by atomic mass is 9.66. The zero-order valence-electron chi connectivity index (χ0n) is 34.7. The monoisotopic (exact) mass is 830 g/mol. The number of aromatic nitrogens is 4. The van der Waals surface area contributed by atoms with Gasteiger partial charge in [-0.05, 0) is 52.6 Å². The second kappa shape index (κ2) is 13.6. The molecule has 1 aliphatic heterocycles. The van der Waals surface area contributed by atoms with Crippen molar-refractivity contribution in [1.82, 2.24) is 19.9 Å². The largest absolute Gasteiger partial charge is 0.457 e. The summed E-state index contributed by atoms with van der Waals surface area (Å²) in [5, 5.41) is 5.47. The lowest BCUT2D eigenvalue weighted by Gasteiger charge is -2.39. The van der Waals surface area contributed by atoms with Crippen molar-refractivity contribution in [3.8, 4) is 68.0 Å². The first-order chi connectivity index (χ1) is 32.2. The van der Waals surface area contributed by atoms with Gasteiger partial charge in [0.25, 0.3) is 0 Å². The van der Waals surface area contributed by atoms with Gasteiger partial charge in [0, 0.05) is 54.7 Å². The number of benzene rings is 9. The molecule has 0 bridgehead atoms. The maximum atomic E-state index is 6.63. The molecule has 12 aromatic rings. The molecule has 0 radical (unpaired) electrons. The molecule has 3 aromatic heterocycles. The van der Waals surface area contributed by atoms with Crippen LogP contribution in [0.1, 0.15) is 22.3 Å². The Morgan fingerprint density at radius 1 is 0.354 bits per heavy atom. The molecule has 6 nitrogen and oxygen atoms in total. The Morgan fingerprint density at radius 3 is 1.72 bits per heavy atom. The first-order valence-corrected chi connectivity index (χ1v) is 21.9. The molecule has 2 aliphatic rings. The van der Waals surface area contributed by atoms with Crippen molar-refractivity contribution >= 4 is 43.6 Å². The molecule has 0 N–H and O–H groups in total. The van der Waals surface area contributed by atoms with Gasteiger partial charge in [0.15, 0.2) is 17.5 Å². The number of furan rings is 1. The van der Waals surface area contributed by atoms with E-state index in [1.54, 1.807) is 0 Å². The first kappa shape index (κ1) is 35.8. The summed E-state index contributed by atoms with van der Waals surface area (Å²) in [7, 11) is 0. The molecule has 14 rings (SSSR count). The van der Waals surface area contributed by atoms with Crippen LogP contribution < -0.4 is 4.74 Å². The molecule has 0 fully saturated rings. The van der Waals surface area contributed by atoms with Crippen molar-refractivity contribution in [2.24, 2.45) is 0 Å².